The lowest BCUT2D eigenvalue weighted by Crippen LogP contribution is -2.47. The number of ether oxygens (including phenoxy) is 2. The van der Waals surface area contributed by atoms with Crippen LogP contribution in [0.15, 0.2) is 65.3 Å². The number of carbonyl (C=O) groups is 2. The van der Waals surface area contributed by atoms with Crippen LogP contribution < -0.4 is 14.8 Å². The van der Waals surface area contributed by atoms with Crippen molar-refractivity contribution in [2.24, 2.45) is 0 Å². The lowest BCUT2D eigenvalue weighted by molar-refractivity contribution is -0.143. The molecule has 1 atom stereocenters. The summed E-state index contributed by atoms with van der Waals surface area (Å²) in [4.78, 5) is 29.7. The van der Waals surface area contributed by atoms with Crippen LogP contribution in [0.1, 0.15) is 49.5 Å². The zero-order valence-corrected chi connectivity index (χ0v) is 22.2. The highest BCUT2D eigenvalue weighted by Gasteiger charge is 2.36. The molecule has 0 radical (unpaired) electrons. The second kappa shape index (κ2) is 12.0. The van der Waals surface area contributed by atoms with Crippen molar-refractivity contribution in [1.29, 1.82) is 0 Å². The first-order valence-corrected chi connectivity index (χ1v) is 13.2. The van der Waals surface area contributed by atoms with E-state index in [4.69, 9.17) is 13.9 Å². The van der Waals surface area contributed by atoms with Crippen molar-refractivity contribution in [3.05, 3.63) is 72.2 Å². The number of methoxy groups -OCH3 is 2. The van der Waals surface area contributed by atoms with Gasteiger partial charge in [-0.1, -0.05) is 48.7 Å². The van der Waals surface area contributed by atoms with Gasteiger partial charge in [0, 0.05) is 11.6 Å². The molecule has 2 aromatic carbocycles. The minimum absolute atomic E-state index is 0.0465. The molecule has 4 aromatic rings. The van der Waals surface area contributed by atoms with Crippen molar-refractivity contribution in [3.8, 4) is 11.5 Å². The number of fused-ring (bicyclic) bond motifs is 1. The van der Waals surface area contributed by atoms with Crippen molar-refractivity contribution < 1.29 is 23.5 Å². The van der Waals surface area contributed by atoms with E-state index in [-0.39, 0.29) is 30.9 Å². The van der Waals surface area contributed by atoms with E-state index in [0.717, 1.165) is 37.6 Å². The number of nitrogens with one attached hydrogen (secondary N) is 1. The zero-order chi connectivity index (χ0) is 27.2. The highest BCUT2D eigenvalue weighted by molar-refractivity contribution is 5.90. The van der Waals surface area contributed by atoms with Gasteiger partial charge in [0.25, 0.3) is 0 Å². The molecule has 10 nitrogen and oxygen atoms in total. The predicted octanol–water partition coefficient (Wildman–Crippen LogP) is 4.26. The summed E-state index contributed by atoms with van der Waals surface area (Å²) in [6.07, 6.45) is 6.65. The van der Waals surface area contributed by atoms with E-state index < -0.39 is 6.04 Å². The first-order valence-electron chi connectivity index (χ1n) is 13.2. The van der Waals surface area contributed by atoms with E-state index in [2.05, 4.69) is 15.6 Å². The summed E-state index contributed by atoms with van der Waals surface area (Å²) in [7, 11) is 3.07. The Bertz CT molecular complexity index is 1410. The van der Waals surface area contributed by atoms with Crippen LogP contribution >= 0.6 is 0 Å². The molecular weight excluding hydrogens is 498 g/mol. The van der Waals surface area contributed by atoms with Gasteiger partial charge in [-0.25, -0.2) is 4.68 Å². The van der Waals surface area contributed by atoms with Crippen molar-refractivity contribution in [1.82, 2.24) is 25.2 Å². The lowest BCUT2D eigenvalue weighted by atomic mass is 9.94. The van der Waals surface area contributed by atoms with Gasteiger partial charge in [0.2, 0.25) is 11.8 Å². The van der Waals surface area contributed by atoms with E-state index in [0.29, 0.717) is 28.3 Å². The van der Waals surface area contributed by atoms with Crippen LogP contribution in [0.2, 0.25) is 0 Å². The maximum absolute atomic E-state index is 14.1. The number of hydrogen-bond donors (Lipinski definition) is 1. The van der Waals surface area contributed by atoms with Crippen LogP contribution in [0, 0.1) is 0 Å². The second-order valence-electron chi connectivity index (χ2n) is 9.67. The number of aromatic nitrogens is 3. The number of carbonyl (C=O) groups excluding carboxylic acids is 2. The molecule has 0 saturated heterocycles. The van der Waals surface area contributed by atoms with Gasteiger partial charge in [0.1, 0.15) is 23.9 Å². The third-order valence-electron chi connectivity index (χ3n) is 7.17. The Morgan fingerprint density at radius 3 is 2.62 bits per heavy atom. The summed E-state index contributed by atoms with van der Waals surface area (Å²) < 4.78 is 18.4. The Kier molecular flexibility index (Phi) is 8.10. The molecule has 2 aromatic heterocycles. The fourth-order valence-corrected chi connectivity index (χ4v) is 5.25. The highest BCUT2D eigenvalue weighted by atomic mass is 16.5. The smallest absolute Gasteiger partial charge is 0.247 e. The summed E-state index contributed by atoms with van der Waals surface area (Å²) in [6, 6.07) is 15.4. The quantitative estimate of drug-likeness (QED) is 0.325. The molecule has 1 N–H and O–H groups in total. The molecule has 204 valence electrons. The van der Waals surface area contributed by atoms with E-state index in [1.165, 1.54) is 12.0 Å². The molecule has 2 amide bonds. The van der Waals surface area contributed by atoms with Crippen molar-refractivity contribution in [3.63, 3.8) is 0 Å². The molecule has 39 heavy (non-hydrogen) atoms. The summed E-state index contributed by atoms with van der Waals surface area (Å²) in [5.74, 6) is 0.807. The van der Waals surface area contributed by atoms with Crippen LogP contribution in [0.4, 0.5) is 0 Å². The minimum Gasteiger partial charge on any atom is -0.493 e. The van der Waals surface area contributed by atoms with Gasteiger partial charge in [0.05, 0.1) is 32.5 Å². The molecule has 10 heteroatoms. The van der Waals surface area contributed by atoms with Gasteiger partial charge in [0.15, 0.2) is 11.5 Å². The topological polar surface area (TPSA) is 112 Å². The normalized spacial score (nSPS) is 14.6. The van der Waals surface area contributed by atoms with Crippen LogP contribution in [0.3, 0.4) is 0 Å². The molecule has 0 spiro atoms. The fraction of sp³-hybridized carbons (Fsp3) is 0.379. The number of amides is 2. The molecule has 2 heterocycles. The zero-order valence-electron chi connectivity index (χ0n) is 22.2. The monoisotopic (exact) mass is 531 g/mol. The highest BCUT2D eigenvalue weighted by Crippen LogP contribution is 2.38. The fourth-order valence-electron chi connectivity index (χ4n) is 5.25. The second-order valence-corrected chi connectivity index (χ2v) is 9.67. The van der Waals surface area contributed by atoms with E-state index >= 15 is 0 Å². The molecule has 5 rings (SSSR count). The first-order chi connectivity index (χ1) is 19.1. The van der Waals surface area contributed by atoms with Crippen LogP contribution in [-0.2, 0) is 22.7 Å². The standard InChI is InChI=1S/C29H33N5O5/c1-37-25-16-8-13-22(28(25)38-2)27(29(36)30-20-10-4-3-5-11-20)33(18-21-12-9-17-39-21)26(35)19-34-24-15-7-6-14-23(24)31-32-34/h6-9,12-17,20,27H,3-5,10-11,18-19H2,1-2H3,(H,30,36)/t27-/m1/s1. The van der Waals surface area contributed by atoms with Gasteiger partial charge < -0.3 is 24.1 Å². The molecular formula is C29H33N5O5. The SMILES string of the molecule is COc1cccc([C@H](C(=O)NC2CCCCC2)N(Cc2ccco2)C(=O)Cn2nnc3ccccc32)c1OC. The van der Waals surface area contributed by atoms with E-state index in [9.17, 15) is 9.59 Å². The summed E-state index contributed by atoms with van der Waals surface area (Å²) >= 11 is 0. The summed E-state index contributed by atoms with van der Waals surface area (Å²) in [6.45, 7) is -0.0394. The van der Waals surface area contributed by atoms with Crippen molar-refractivity contribution >= 4 is 22.8 Å². The Morgan fingerprint density at radius 2 is 1.87 bits per heavy atom. The molecule has 1 aliphatic rings. The number of para-hydroxylation sites is 2. The van der Waals surface area contributed by atoms with E-state index in [1.807, 2.05) is 24.3 Å². The Labute approximate surface area is 226 Å². The largest absolute Gasteiger partial charge is 0.493 e. The molecule has 1 fully saturated rings. The average Bonchev–Trinajstić information content (AvgIpc) is 3.63. The molecule has 0 aliphatic heterocycles. The van der Waals surface area contributed by atoms with Gasteiger partial charge >= 0.3 is 0 Å². The van der Waals surface area contributed by atoms with Gasteiger partial charge in [-0.05, 0) is 43.2 Å². The lowest BCUT2D eigenvalue weighted by Gasteiger charge is -2.33. The minimum atomic E-state index is -1.01. The maximum Gasteiger partial charge on any atom is 0.247 e. The number of nitrogens with zero attached hydrogens (tertiary/aromatic N) is 4. The number of benzene rings is 2. The van der Waals surface area contributed by atoms with Crippen LogP contribution in [0.5, 0.6) is 11.5 Å². The van der Waals surface area contributed by atoms with E-state index in [1.54, 1.807) is 48.4 Å². The van der Waals surface area contributed by atoms with Crippen molar-refractivity contribution in [2.45, 2.75) is 57.3 Å². The number of rotatable bonds is 10. The van der Waals surface area contributed by atoms with Gasteiger partial charge in [-0.3, -0.25) is 9.59 Å². The Morgan fingerprint density at radius 1 is 1.05 bits per heavy atom. The summed E-state index contributed by atoms with van der Waals surface area (Å²) in [5, 5.41) is 11.6. The molecule has 0 bridgehead atoms. The predicted molar refractivity (Wildman–Crippen MR) is 144 cm³/mol. The Balaban J connectivity index is 1.56. The molecule has 1 saturated carbocycles. The first kappa shape index (κ1) is 26.3. The third kappa shape index (κ3) is 5.74. The number of hydrogen-bond acceptors (Lipinski definition) is 7. The third-order valence-corrected chi connectivity index (χ3v) is 7.17. The van der Waals surface area contributed by atoms with Gasteiger partial charge in [-0.15, -0.1) is 5.10 Å². The average molecular weight is 532 g/mol. The number of furan rings is 1. The van der Waals surface area contributed by atoms with Crippen LogP contribution in [-0.4, -0.2) is 52.0 Å². The van der Waals surface area contributed by atoms with Gasteiger partial charge in [-0.2, -0.15) is 0 Å². The summed E-state index contributed by atoms with van der Waals surface area (Å²) in [5.41, 5.74) is 1.93. The van der Waals surface area contributed by atoms with Crippen molar-refractivity contribution in [2.75, 3.05) is 14.2 Å². The van der Waals surface area contributed by atoms with Crippen LogP contribution in [0.25, 0.3) is 11.0 Å². The maximum atomic E-state index is 14.1. The molecule has 0 unspecified atom stereocenters. The Hall–Kier alpha value is -4.34. The molecule has 1 aliphatic carbocycles.